The van der Waals surface area contributed by atoms with Gasteiger partial charge in [0.2, 0.25) is 10.0 Å². The molecule has 5 heteroatoms. The van der Waals surface area contributed by atoms with E-state index in [1.165, 1.54) is 0 Å². The maximum Gasteiger partial charge on any atom is 0.240 e. The number of hydrogen-bond acceptors (Lipinski definition) is 3. The Bertz CT molecular complexity index is 467. The fourth-order valence-corrected chi connectivity index (χ4v) is 3.15. The van der Waals surface area contributed by atoms with Crippen LogP contribution in [-0.4, -0.2) is 40.5 Å². The Morgan fingerprint density at radius 2 is 1.72 bits per heavy atom. The molecule has 102 valence electrons. The lowest BCUT2D eigenvalue weighted by atomic mass is 9.93. The Balaban J connectivity index is 2.69. The highest BCUT2D eigenvalue weighted by Gasteiger charge is 2.22. The summed E-state index contributed by atoms with van der Waals surface area (Å²) >= 11 is 0. The lowest BCUT2D eigenvalue weighted by Crippen LogP contribution is -2.39. The van der Waals surface area contributed by atoms with Gasteiger partial charge in [-0.15, -0.1) is 0 Å². The van der Waals surface area contributed by atoms with E-state index in [0.717, 1.165) is 6.54 Å². The van der Waals surface area contributed by atoms with Gasteiger partial charge in [0.15, 0.2) is 0 Å². The zero-order valence-corrected chi connectivity index (χ0v) is 12.3. The van der Waals surface area contributed by atoms with Gasteiger partial charge in [-0.2, -0.15) is 0 Å². The van der Waals surface area contributed by atoms with Gasteiger partial charge in [-0.05, 0) is 31.6 Å². The molecule has 1 N–H and O–H groups in total. The lowest BCUT2D eigenvalue weighted by Gasteiger charge is -2.28. The van der Waals surface area contributed by atoms with Crippen molar-refractivity contribution in [1.82, 2.24) is 9.62 Å². The summed E-state index contributed by atoms with van der Waals surface area (Å²) in [5.74, 6) is 0. The molecule has 0 unspecified atom stereocenters. The SMILES string of the molecule is CN(C)CC(C)(C)CNS(=O)(=O)c1ccccc1. The van der Waals surface area contributed by atoms with Gasteiger partial charge in [-0.25, -0.2) is 13.1 Å². The molecule has 1 aromatic carbocycles. The highest BCUT2D eigenvalue weighted by molar-refractivity contribution is 7.89. The zero-order valence-electron chi connectivity index (χ0n) is 11.5. The number of benzene rings is 1. The predicted octanol–water partition coefficient (Wildman–Crippen LogP) is 1.55. The minimum Gasteiger partial charge on any atom is -0.309 e. The van der Waals surface area contributed by atoms with Crippen LogP contribution < -0.4 is 4.72 Å². The third kappa shape index (κ3) is 4.76. The van der Waals surface area contributed by atoms with Gasteiger partial charge in [0.05, 0.1) is 4.90 Å². The van der Waals surface area contributed by atoms with Crippen LogP contribution in [0.4, 0.5) is 0 Å². The van der Waals surface area contributed by atoms with Crippen LogP contribution in [0.5, 0.6) is 0 Å². The van der Waals surface area contributed by atoms with E-state index in [2.05, 4.69) is 9.62 Å². The second kappa shape index (κ2) is 5.82. The fourth-order valence-electron chi connectivity index (χ4n) is 1.89. The highest BCUT2D eigenvalue weighted by atomic mass is 32.2. The zero-order chi connectivity index (χ0) is 13.8. The van der Waals surface area contributed by atoms with Gasteiger partial charge in [0.25, 0.3) is 0 Å². The molecule has 0 atom stereocenters. The summed E-state index contributed by atoms with van der Waals surface area (Å²) in [6, 6.07) is 8.44. The van der Waals surface area contributed by atoms with Crippen LogP contribution in [-0.2, 0) is 10.0 Å². The van der Waals surface area contributed by atoms with Gasteiger partial charge in [0.1, 0.15) is 0 Å². The van der Waals surface area contributed by atoms with Crippen molar-refractivity contribution in [3.8, 4) is 0 Å². The first-order valence-electron chi connectivity index (χ1n) is 5.92. The Morgan fingerprint density at radius 3 is 2.22 bits per heavy atom. The summed E-state index contributed by atoms with van der Waals surface area (Å²) in [7, 11) is 0.561. The van der Waals surface area contributed by atoms with Gasteiger partial charge in [-0.3, -0.25) is 0 Å². The molecule has 0 bridgehead atoms. The van der Waals surface area contributed by atoms with Gasteiger partial charge in [-0.1, -0.05) is 32.0 Å². The van der Waals surface area contributed by atoms with E-state index in [9.17, 15) is 8.42 Å². The quantitative estimate of drug-likeness (QED) is 0.853. The Kier molecular flexibility index (Phi) is 4.90. The van der Waals surface area contributed by atoms with Gasteiger partial charge in [0, 0.05) is 13.1 Å². The first kappa shape index (κ1) is 15.1. The van der Waals surface area contributed by atoms with E-state index in [1.54, 1.807) is 30.3 Å². The van der Waals surface area contributed by atoms with Crippen molar-refractivity contribution in [3.63, 3.8) is 0 Å². The van der Waals surface area contributed by atoms with Crippen LogP contribution in [0.2, 0.25) is 0 Å². The third-order valence-electron chi connectivity index (χ3n) is 2.54. The normalized spacial score (nSPS) is 12.9. The third-order valence-corrected chi connectivity index (χ3v) is 3.96. The molecule has 0 amide bonds. The summed E-state index contributed by atoms with van der Waals surface area (Å²) in [5, 5.41) is 0. The van der Waals surface area contributed by atoms with E-state index in [4.69, 9.17) is 0 Å². The molecule has 18 heavy (non-hydrogen) atoms. The molecule has 0 spiro atoms. The Hall–Kier alpha value is -0.910. The summed E-state index contributed by atoms with van der Waals surface area (Å²) in [5.41, 5.74) is -0.106. The molecule has 0 saturated carbocycles. The van der Waals surface area contributed by atoms with Crippen molar-refractivity contribution in [1.29, 1.82) is 0 Å². The number of sulfonamides is 1. The molecule has 0 aliphatic heterocycles. The second-order valence-corrected chi connectivity index (χ2v) is 7.31. The topological polar surface area (TPSA) is 49.4 Å². The molecular weight excluding hydrogens is 248 g/mol. The van der Waals surface area contributed by atoms with Crippen LogP contribution in [0.1, 0.15) is 13.8 Å². The van der Waals surface area contributed by atoms with Crippen LogP contribution in [0.25, 0.3) is 0 Å². The predicted molar refractivity (Wildman–Crippen MR) is 74.0 cm³/mol. The molecule has 4 nitrogen and oxygen atoms in total. The van der Waals surface area contributed by atoms with E-state index in [0.29, 0.717) is 11.4 Å². The molecule has 0 heterocycles. The van der Waals surface area contributed by atoms with Crippen molar-refractivity contribution in [2.45, 2.75) is 18.7 Å². The van der Waals surface area contributed by atoms with Gasteiger partial charge < -0.3 is 4.90 Å². The molecule has 1 aromatic rings. The van der Waals surface area contributed by atoms with Crippen molar-refractivity contribution >= 4 is 10.0 Å². The average molecular weight is 270 g/mol. The van der Waals surface area contributed by atoms with Crippen LogP contribution in [0.15, 0.2) is 35.2 Å². The molecule has 0 radical (unpaired) electrons. The fraction of sp³-hybridized carbons (Fsp3) is 0.538. The van der Waals surface area contributed by atoms with E-state index in [-0.39, 0.29) is 5.41 Å². The van der Waals surface area contributed by atoms with Crippen LogP contribution in [0.3, 0.4) is 0 Å². The number of nitrogens with zero attached hydrogens (tertiary/aromatic N) is 1. The first-order chi connectivity index (χ1) is 8.23. The monoisotopic (exact) mass is 270 g/mol. The van der Waals surface area contributed by atoms with E-state index in [1.807, 2.05) is 27.9 Å². The van der Waals surface area contributed by atoms with Crippen molar-refractivity contribution < 1.29 is 8.42 Å². The molecule has 0 aromatic heterocycles. The van der Waals surface area contributed by atoms with Crippen molar-refractivity contribution in [2.75, 3.05) is 27.2 Å². The summed E-state index contributed by atoms with van der Waals surface area (Å²) in [6.07, 6.45) is 0. The maximum absolute atomic E-state index is 12.0. The standard InChI is InChI=1S/C13H22N2O2S/c1-13(2,11-15(3)4)10-14-18(16,17)12-8-6-5-7-9-12/h5-9,14H,10-11H2,1-4H3. The second-order valence-electron chi connectivity index (χ2n) is 5.54. The van der Waals surface area contributed by atoms with Crippen molar-refractivity contribution in [3.05, 3.63) is 30.3 Å². The van der Waals surface area contributed by atoms with Crippen LogP contribution in [0, 0.1) is 5.41 Å². The number of nitrogens with one attached hydrogen (secondary N) is 1. The molecule has 0 aliphatic carbocycles. The maximum atomic E-state index is 12.0. The molecule has 0 fully saturated rings. The number of hydrogen-bond donors (Lipinski definition) is 1. The largest absolute Gasteiger partial charge is 0.309 e. The van der Waals surface area contributed by atoms with Crippen molar-refractivity contribution in [2.24, 2.45) is 5.41 Å². The first-order valence-corrected chi connectivity index (χ1v) is 7.41. The van der Waals surface area contributed by atoms with E-state index < -0.39 is 10.0 Å². The number of rotatable bonds is 6. The smallest absolute Gasteiger partial charge is 0.240 e. The molecule has 1 rings (SSSR count). The Morgan fingerprint density at radius 1 is 1.17 bits per heavy atom. The summed E-state index contributed by atoms with van der Waals surface area (Å²) in [4.78, 5) is 2.36. The van der Waals surface area contributed by atoms with Gasteiger partial charge >= 0.3 is 0 Å². The molecule has 0 saturated heterocycles. The molecular formula is C13H22N2O2S. The lowest BCUT2D eigenvalue weighted by molar-refractivity contribution is 0.242. The average Bonchev–Trinajstić information content (AvgIpc) is 2.26. The Labute approximate surface area is 110 Å². The van der Waals surface area contributed by atoms with Crippen LogP contribution >= 0.6 is 0 Å². The molecule has 0 aliphatic rings. The summed E-state index contributed by atoms with van der Waals surface area (Å²) in [6.45, 7) is 5.33. The highest BCUT2D eigenvalue weighted by Crippen LogP contribution is 2.16. The minimum atomic E-state index is -3.40. The summed E-state index contributed by atoms with van der Waals surface area (Å²) < 4.78 is 26.7. The van der Waals surface area contributed by atoms with E-state index >= 15 is 0 Å². The minimum absolute atomic E-state index is 0.106.